The molecule has 9 nitrogen and oxygen atoms in total. The van der Waals surface area contributed by atoms with E-state index in [-0.39, 0.29) is 21.6 Å². The van der Waals surface area contributed by atoms with Gasteiger partial charge in [0, 0.05) is 0 Å². The van der Waals surface area contributed by atoms with Gasteiger partial charge in [0.15, 0.2) is 11.4 Å². The van der Waals surface area contributed by atoms with E-state index in [1.165, 1.54) is 18.2 Å². The van der Waals surface area contributed by atoms with Crippen LogP contribution >= 0.6 is 11.8 Å². The topological polar surface area (TPSA) is 163 Å². The molecule has 2 aromatic rings. The molecule has 0 atom stereocenters. The number of thioether (sulfide) groups is 1. The third-order valence-corrected chi connectivity index (χ3v) is 5.29. The molecule has 12 heteroatoms. The van der Waals surface area contributed by atoms with Gasteiger partial charge in [-0.3, -0.25) is 5.32 Å². The van der Waals surface area contributed by atoms with Crippen molar-refractivity contribution in [1.29, 1.82) is 5.26 Å². The number of nitrogens with one attached hydrogen (secondary N) is 1. The minimum atomic E-state index is -5.01. The Hall–Kier alpha value is -2.17. The standard InChI is InChI=1S/C13H11N3O6S3/c1-23-13(15-7-14)16-9-2-3-11-8(4-9)5-10(24(17,18)19)6-12(11)25(20,21)22/h2-6H,1H3,(H,15,16)(H,17,18,19)(H,20,21,22)/p-2. The average Bonchev–Trinajstić information content (AvgIpc) is 2.51. The van der Waals surface area contributed by atoms with Gasteiger partial charge in [0.2, 0.25) is 0 Å². The first-order valence-electron chi connectivity index (χ1n) is 6.33. The van der Waals surface area contributed by atoms with Crippen molar-refractivity contribution in [3.63, 3.8) is 0 Å². The lowest BCUT2D eigenvalue weighted by Gasteiger charge is -2.15. The van der Waals surface area contributed by atoms with E-state index in [2.05, 4.69) is 10.3 Å². The molecule has 0 spiro atoms. The van der Waals surface area contributed by atoms with Crippen LogP contribution in [0.5, 0.6) is 0 Å². The highest BCUT2D eigenvalue weighted by Crippen LogP contribution is 2.30. The number of rotatable bonds is 3. The van der Waals surface area contributed by atoms with Crippen molar-refractivity contribution in [3.8, 4) is 6.19 Å². The molecule has 2 aromatic carbocycles. The number of nitriles is 1. The van der Waals surface area contributed by atoms with E-state index < -0.39 is 30.0 Å². The second-order valence-electron chi connectivity index (χ2n) is 4.59. The number of hydrogen-bond acceptors (Lipinski definition) is 9. The predicted octanol–water partition coefficient (Wildman–Crippen LogP) is 1.07. The van der Waals surface area contributed by atoms with Gasteiger partial charge < -0.3 is 9.11 Å². The van der Waals surface area contributed by atoms with E-state index >= 15 is 0 Å². The molecular weight excluding hydrogens is 390 g/mol. The van der Waals surface area contributed by atoms with Crippen LogP contribution in [0.1, 0.15) is 0 Å². The van der Waals surface area contributed by atoms with Crippen molar-refractivity contribution >= 4 is 53.6 Å². The lowest BCUT2D eigenvalue weighted by molar-refractivity contribution is 0.462. The molecule has 0 saturated carbocycles. The van der Waals surface area contributed by atoms with Gasteiger partial charge in [-0.05, 0) is 41.3 Å². The Labute approximate surface area is 147 Å². The van der Waals surface area contributed by atoms with Crippen molar-refractivity contribution in [3.05, 3.63) is 30.3 Å². The largest absolute Gasteiger partial charge is 0.744 e. The summed E-state index contributed by atoms with van der Waals surface area (Å²) in [5, 5.41) is 11.2. The Balaban J connectivity index is 2.80. The highest BCUT2D eigenvalue weighted by atomic mass is 32.2. The molecule has 0 saturated heterocycles. The summed E-state index contributed by atoms with van der Waals surface area (Å²) >= 11 is 1.13. The van der Waals surface area contributed by atoms with Gasteiger partial charge in [0.05, 0.1) is 15.5 Å². The van der Waals surface area contributed by atoms with Crippen LogP contribution in [-0.2, 0) is 20.2 Å². The molecule has 0 unspecified atom stereocenters. The number of aliphatic imine (C=N–C) groups is 1. The van der Waals surface area contributed by atoms with E-state index in [0.717, 1.165) is 17.8 Å². The van der Waals surface area contributed by atoms with Crippen LogP contribution in [0.3, 0.4) is 0 Å². The van der Waals surface area contributed by atoms with Crippen LogP contribution in [0.4, 0.5) is 5.69 Å². The first kappa shape index (κ1) is 19.2. The van der Waals surface area contributed by atoms with Gasteiger partial charge >= 0.3 is 0 Å². The van der Waals surface area contributed by atoms with Crippen LogP contribution in [0, 0.1) is 11.5 Å². The summed E-state index contributed by atoms with van der Waals surface area (Å²) in [5.74, 6) is 0. The van der Waals surface area contributed by atoms with Gasteiger partial charge in [0.1, 0.15) is 20.2 Å². The van der Waals surface area contributed by atoms with E-state index in [0.29, 0.717) is 6.07 Å². The summed E-state index contributed by atoms with van der Waals surface area (Å²) in [7, 11) is -9.98. The number of amidine groups is 1. The zero-order chi connectivity index (χ0) is 18.8. The Bertz CT molecular complexity index is 1120. The van der Waals surface area contributed by atoms with Gasteiger partial charge in [-0.1, -0.05) is 17.8 Å². The highest BCUT2D eigenvalue weighted by Gasteiger charge is 2.13. The number of nitrogens with zero attached hydrogens (tertiary/aromatic N) is 2. The lowest BCUT2D eigenvalue weighted by Crippen LogP contribution is -2.12. The molecule has 0 aromatic heterocycles. The third-order valence-electron chi connectivity index (χ3n) is 3.02. The predicted molar refractivity (Wildman–Crippen MR) is 89.2 cm³/mol. The fourth-order valence-electron chi connectivity index (χ4n) is 2.01. The molecular formula is C13H9N3O6S3-2. The molecule has 1 N–H and O–H groups in total. The fourth-order valence-corrected chi connectivity index (χ4v) is 3.69. The second-order valence-corrected chi connectivity index (χ2v) is 8.12. The number of hydrogen-bond donors (Lipinski definition) is 1. The van der Waals surface area contributed by atoms with Crippen LogP contribution in [0.2, 0.25) is 0 Å². The highest BCUT2D eigenvalue weighted by molar-refractivity contribution is 8.13. The first-order chi connectivity index (χ1) is 11.6. The molecule has 25 heavy (non-hydrogen) atoms. The monoisotopic (exact) mass is 399 g/mol. The Morgan fingerprint density at radius 3 is 2.36 bits per heavy atom. The summed E-state index contributed by atoms with van der Waals surface area (Å²) in [6.07, 6.45) is 3.35. The molecule has 0 amide bonds. The molecule has 0 bridgehead atoms. The molecule has 0 aliphatic rings. The second kappa shape index (κ2) is 6.98. The third kappa shape index (κ3) is 4.47. The maximum absolute atomic E-state index is 11.4. The van der Waals surface area contributed by atoms with E-state index in [1.807, 2.05) is 0 Å². The van der Waals surface area contributed by atoms with Crippen molar-refractivity contribution in [2.45, 2.75) is 9.79 Å². The molecule has 0 aliphatic carbocycles. The molecule has 0 radical (unpaired) electrons. The summed E-state index contributed by atoms with van der Waals surface area (Å²) in [6, 6.07) is 5.46. The van der Waals surface area contributed by atoms with Crippen LogP contribution in [0.25, 0.3) is 10.8 Å². The molecule has 132 valence electrons. The molecule has 0 aliphatic heterocycles. The van der Waals surface area contributed by atoms with E-state index in [9.17, 15) is 25.9 Å². The van der Waals surface area contributed by atoms with Crippen LogP contribution < -0.4 is 5.32 Å². The quantitative estimate of drug-likeness (QED) is 0.261. The van der Waals surface area contributed by atoms with Gasteiger partial charge in [-0.15, -0.1) is 0 Å². The van der Waals surface area contributed by atoms with Crippen molar-refractivity contribution in [2.75, 3.05) is 6.26 Å². The maximum Gasteiger partial charge on any atom is 0.183 e. The summed E-state index contributed by atoms with van der Waals surface area (Å²) in [6.45, 7) is 0. The summed E-state index contributed by atoms with van der Waals surface area (Å²) in [4.78, 5) is 2.44. The Morgan fingerprint density at radius 1 is 1.16 bits per heavy atom. The van der Waals surface area contributed by atoms with Gasteiger partial charge in [0.25, 0.3) is 0 Å². The van der Waals surface area contributed by atoms with Gasteiger partial charge in [-0.25, -0.2) is 21.8 Å². The normalized spacial score (nSPS) is 12.8. The molecule has 0 fully saturated rings. The zero-order valence-corrected chi connectivity index (χ0v) is 14.9. The fraction of sp³-hybridized carbons (Fsp3) is 0.0769. The zero-order valence-electron chi connectivity index (χ0n) is 12.5. The SMILES string of the molecule is CSC(=Nc1ccc2c(S(=O)(=O)[O-])cc(S(=O)(=O)[O-])cc2c1)NC#N. The van der Waals surface area contributed by atoms with E-state index in [1.54, 1.807) is 12.4 Å². The minimum Gasteiger partial charge on any atom is -0.744 e. The Kier molecular flexibility index (Phi) is 5.35. The average molecular weight is 399 g/mol. The summed E-state index contributed by atoms with van der Waals surface area (Å²) in [5.41, 5.74) is 0.259. The van der Waals surface area contributed by atoms with Crippen molar-refractivity contribution in [1.82, 2.24) is 5.32 Å². The minimum absolute atomic E-state index is 0.0324. The maximum atomic E-state index is 11.4. The van der Waals surface area contributed by atoms with Gasteiger partial charge in [-0.2, -0.15) is 5.26 Å². The van der Waals surface area contributed by atoms with Crippen molar-refractivity contribution < 1.29 is 25.9 Å². The van der Waals surface area contributed by atoms with Crippen molar-refractivity contribution in [2.24, 2.45) is 4.99 Å². The molecule has 0 heterocycles. The summed E-state index contributed by atoms with van der Waals surface area (Å²) < 4.78 is 67.8. The molecule has 2 rings (SSSR count). The number of fused-ring (bicyclic) bond motifs is 1. The first-order valence-corrected chi connectivity index (χ1v) is 10.4. The Morgan fingerprint density at radius 2 is 1.84 bits per heavy atom. The smallest absolute Gasteiger partial charge is 0.183 e. The van der Waals surface area contributed by atoms with Crippen LogP contribution in [0.15, 0.2) is 45.1 Å². The van der Waals surface area contributed by atoms with E-state index in [4.69, 9.17) is 5.26 Å². The van der Waals surface area contributed by atoms with Crippen LogP contribution in [-0.4, -0.2) is 37.4 Å². The number of benzene rings is 2. The lowest BCUT2D eigenvalue weighted by atomic mass is 10.1.